The van der Waals surface area contributed by atoms with E-state index in [0.29, 0.717) is 25.7 Å². The number of esters is 1. The van der Waals surface area contributed by atoms with E-state index in [1.165, 1.54) is 12.7 Å². The molecule has 1 atom stereocenters. The molecule has 0 bridgehead atoms. The maximum absolute atomic E-state index is 11.5. The summed E-state index contributed by atoms with van der Waals surface area (Å²) in [6, 6.07) is 10.7. The van der Waals surface area contributed by atoms with Gasteiger partial charge >= 0.3 is 5.97 Å². The number of carbonyl (C=O) groups is 1. The molecule has 1 aromatic carbocycles. The molecule has 23 heavy (non-hydrogen) atoms. The van der Waals surface area contributed by atoms with Crippen molar-refractivity contribution in [2.24, 2.45) is 0 Å². The van der Waals surface area contributed by atoms with Crippen LogP contribution >= 0.6 is 0 Å². The molecule has 1 heterocycles. The standard InChI is InChI=1S/C18H27NO4/c1-15(16-8-4-3-5-9-16)19-11-7-6-10-18(14-17(20)21-2)22-12-13-23-18/h3-5,8-9,15,19H,6-7,10-14H2,1-2H3/t15-/m0/s1. The summed E-state index contributed by atoms with van der Waals surface area (Å²) in [5.41, 5.74) is 1.29. The van der Waals surface area contributed by atoms with Gasteiger partial charge in [-0.15, -0.1) is 0 Å². The summed E-state index contributed by atoms with van der Waals surface area (Å²) in [4.78, 5) is 11.5. The second kappa shape index (κ2) is 9.01. The molecule has 0 saturated carbocycles. The van der Waals surface area contributed by atoms with Crippen molar-refractivity contribution in [1.29, 1.82) is 0 Å². The fourth-order valence-corrected chi connectivity index (χ4v) is 2.82. The van der Waals surface area contributed by atoms with E-state index in [-0.39, 0.29) is 12.4 Å². The largest absolute Gasteiger partial charge is 0.469 e. The monoisotopic (exact) mass is 321 g/mol. The molecular weight excluding hydrogens is 294 g/mol. The minimum absolute atomic E-state index is 0.164. The smallest absolute Gasteiger partial charge is 0.310 e. The molecule has 1 aliphatic heterocycles. The quantitative estimate of drug-likeness (QED) is 0.560. The van der Waals surface area contributed by atoms with Crippen LogP contribution in [0, 0.1) is 0 Å². The van der Waals surface area contributed by atoms with Gasteiger partial charge in [-0.2, -0.15) is 0 Å². The van der Waals surface area contributed by atoms with E-state index < -0.39 is 5.79 Å². The lowest BCUT2D eigenvalue weighted by molar-refractivity contribution is -0.184. The number of nitrogens with one attached hydrogen (secondary N) is 1. The van der Waals surface area contributed by atoms with Crippen LogP contribution in [0.1, 0.15) is 44.2 Å². The summed E-state index contributed by atoms with van der Waals surface area (Å²) in [5, 5.41) is 3.52. The van der Waals surface area contributed by atoms with Gasteiger partial charge < -0.3 is 19.5 Å². The molecule has 0 unspecified atom stereocenters. The van der Waals surface area contributed by atoms with Gasteiger partial charge in [0.25, 0.3) is 0 Å². The first-order chi connectivity index (χ1) is 11.2. The number of unbranched alkanes of at least 4 members (excludes halogenated alkanes) is 1. The SMILES string of the molecule is COC(=O)CC1(CCCCN[C@@H](C)c2ccccc2)OCCO1. The molecule has 1 fully saturated rings. The maximum atomic E-state index is 11.5. The van der Waals surface area contributed by atoms with Gasteiger partial charge in [-0.25, -0.2) is 0 Å². The highest BCUT2D eigenvalue weighted by Gasteiger charge is 2.38. The third kappa shape index (κ3) is 5.61. The zero-order valence-electron chi connectivity index (χ0n) is 14.0. The van der Waals surface area contributed by atoms with Crippen LogP contribution in [0.4, 0.5) is 0 Å². The van der Waals surface area contributed by atoms with Crippen molar-refractivity contribution in [2.75, 3.05) is 26.9 Å². The first-order valence-corrected chi connectivity index (χ1v) is 8.28. The van der Waals surface area contributed by atoms with E-state index in [9.17, 15) is 4.79 Å². The number of rotatable bonds is 9. The molecule has 1 saturated heterocycles. The summed E-state index contributed by atoms with van der Waals surface area (Å²) in [5.74, 6) is -1.07. The molecule has 1 aromatic rings. The van der Waals surface area contributed by atoms with Crippen molar-refractivity contribution in [1.82, 2.24) is 5.32 Å². The molecule has 0 aliphatic carbocycles. The summed E-state index contributed by atoms with van der Waals surface area (Å²) >= 11 is 0. The second-order valence-electron chi connectivity index (χ2n) is 5.90. The number of ether oxygens (including phenoxy) is 3. The van der Waals surface area contributed by atoms with Crippen molar-refractivity contribution >= 4 is 5.97 Å². The van der Waals surface area contributed by atoms with Crippen LogP contribution in [0.15, 0.2) is 30.3 Å². The van der Waals surface area contributed by atoms with E-state index in [1.54, 1.807) is 0 Å². The van der Waals surface area contributed by atoms with Gasteiger partial charge in [-0.1, -0.05) is 30.3 Å². The Bertz CT molecular complexity index is 471. The zero-order valence-corrected chi connectivity index (χ0v) is 14.0. The average molecular weight is 321 g/mol. The summed E-state index contributed by atoms with van der Waals surface area (Å²) < 4.78 is 16.1. The van der Waals surface area contributed by atoms with Crippen molar-refractivity contribution in [3.05, 3.63) is 35.9 Å². The molecular formula is C18H27NO4. The lowest BCUT2D eigenvalue weighted by atomic mass is 10.0. The van der Waals surface area contributed by atoms with Crippen molar-refractivity contribution in [3.8, 4) is 0 Å². The normalized spacial score (nSPS) is 17.8. The van der Waals surface area contributed by atoms with Crippen LogP contribution in [0.5, 0.6) is 0 Å². The van der Waals surface area contributed by atoms with Crippen LogP contribution in [0.2, 0.25) is 0 Å². The molecule has 5 heteroatoms. The van der Waals surface area contributed by atoms with Crippen LogP contribution in [-0.2, 0) is 19.0 Å². The highest BCUT2D eigenvalue weighted by atomic mass is 16.7. The summed E-state index contributed by atoms with van der Waals surface area (Å²) in [7, 11) is 1.39. The molecule has 0 aromatic heterocycles. The van der Waals surface area contributed by atoms with Crippen LogP contribution in [0.3, 0.4) is 0 Å². The lowest BCUT2D eigenvalue weighted by Gasteiger charge is -2.26. The average Bonchev–Trinajstić information content (AvgIpc) is 3.03. The van der Waals surface area contributed by atoms with Gasteiger partial charge in [-0.05, 0) is 31.9 Å². The first-order valence-electron chi connectivity index (χ1n) is 8.28. The fraction of sp³-hybridized carbons (Fsp3) is 0.611. The fourth-order valence-electron chi connectivity index (χ4n) is 2.82. The first kappa shape index (κ1) is 17.9. The molecule has 0 spiro atoms. The van der Waals surface area contributed by atoms with Gasteiger partial charge in [0.15, 0.2) is 5.79 Å². The predicted molar refractivity (Wildman–Crippen MR) is 88.0 cm³/mol. The zero-order chi connectivity index (χ0) is 16.5. The Balaban J connectivity index is 1.68. The van der Waals surface area contributed by atoms with Gasteiger partial charge in [0, 0.05) is 12.5 Å². The Hall–Kier alpha value is -1.43. The molecule has 5 nitrogen and oxygen atoms in total. The Morgan fingerprint density at radius 3 is 2.61 bits per heavy atom. The molecule has 128 valence electrons. The minimum atomic E-state index is -0.780. The Morgan fingerprint density at radius 1 is 1.26 bits per heavy atom. The van der Waals surface area contributed by atoms with Gasteiger partial charge in [0.05, 0.1) is 26.7 Å². The van der Waals surface area contributed by atoms with Crippen molar-refractivity contribution in [2.45, 2.75) is 44.4 Å². The number of methoxy groups -OCH3 is 1. The predicted octanol–water partition coefficient (Wildman–Crippen LogP) is 2.81. The second-order valence-corrected chi connectivity index (χ2v) is 5.90. The third-order valence-corrected chi connectivity index (χ3v) is 4.19. The van der Waals surface area contributed by atoms with E-state index in [0.717, 1.165) is 19.4 Å². The Morgan fingerprint density at radius 2 is 1.96 bits per heavy atom. The van der Waals surface area contributed by atoms with Gasteiger partial charge in [0.2, 0.25) is 0 Å². The number of hydrogen-bond acceptors (Lipinski definition) is 5. The van der Waals surface area contributed by atoms with Gasteiger partial charge in [-0.3, -0.25) is 4.79 Å². The molecule has 1 N–H and O–H groups in total. The number of benzene rings is 1. The van der Waals surface area contributed by atoms with Crippen molar-refractivity contribution < 1.29 is 19.0 Å². The van der Waals surface area contributed by atoms with Crippen LogP contribution in [-0.4, -0.2) is 38.6 Å². The van der Waals surface area contributed by atoms with E-state index in [4.69, 9.17) is 14.2 Å². The minimum Gasteiger partial charge on any atom is -0.469 e. The van der Waals surface area contributed by atoms with E-state index in [2.05, 4.69) is 36.5 Å². The maximum Gasteiger partial charge on any atom is 0.310 e. The highest BCUT2D eigenvalue weighted by molar-refractivity contribution is 5.70. The third-order valence-electron chi connectivity index (χ3n) is 4.19. The number of carbonyl (C=O) groups excluding carboxylic acids is 1. The van der Waals surface area contributed by atoms with Crippen molar-refractivity contribution in [3.63, 3.8) is 0 Å². The molecule has 2 rings (SSSR count). The van der Waals surface area contributed by atoms with Gasteiger partial charge in [0.1, 0.15) is 0 Å². The van der Waals surface area contributed by atoms with Crippen LogP contribution < -0.4 is 5.32 Å². The highest BCUT2D eigenvalue weighted by Crippen LogP contribution is 2.29. The lowest BCUT2D eigenvalue weighted by Crippen LogP contribution is -2.34. The molecule has 0 radical (unpaired) electrons. The van der Waals surface area contributed by atoms with E-state index in [1.807, 2.05) is 6.07 Å². The summed E-state index contributed by atoms with van der Waals surface area (Å²) in [6.45, 7) is 4.17. The Labute approximate surface area is 138 Å². The summed E-state index contributed by atoms with van der Waals surface area (Å²) in [6.07, 6.45) is 2.82. The molecule has 0 amide bonds. The topological polar surface area (TPSA) is 56.8 Å². The number of hydrogen-bond donors (Lipinski definition) is 1. The Kier molecular flexibility index (Phi) is 7.02. The van der Waals surface area contributed by atoms with Crippen LogP contribution in [0.25, 0.3) is 0 Å². The van der Waals surface area contributed by atoms with E-state index >= 15 is 0 Å². The molecule has 1 aliphatic rings.